The van der Waals surface area contributed by atoms with Gasteiger partial charge >= 0.3 is 0 Å². The zero-order valence-electron chi connectivity index (χ0n) is 9.02. The maximum absolute atomic E-state index is 11.7. The van der Waals surface area contributed by atoms with Crippen LogP contribution in [0.25, 0.3) is 0 Å². The Labute approximate surface area is 97.5 Å². The van der Waals surface area contributed by atoms with Gasteiger partial charge in [-0.15, -0.1) is 11.3 Å². The van der Waals surface area contributed by atoms with E-state index < -0.39 is 0 Å². The molecule has 1 saturated heterocycles. The maximum Gasteiger partial charge on any atom is 0.242 e. The van der Waals surface area contributed by atoms with Crippen molar-refractivity contribution in [3.63, 3.8) is 0 Å². The molecule has 0 atom stereocenters. The largest absolute Gasteiger partial charge is 0.347 e. The lowest BCUT2D eigenvalue weighted by molar-refractivity contribution is -0.130. The molecular weight excluding hydrogens is 226 g/mol. The van der Waals surface area contributed by atoms with E-state index in [1.807, 2.05) is 6.92 Å². The first-order chi connectivity index (χ1) is 7.66. The summed E-state index contributed by atoms with van der Waals surface area (Å²) in [5, 5.41) is 2.58. The van der Waals surface area contributed by atoms with Gasteiger partial charge in [-0.3, -0.25) is 9.59 Å². The minimum Gasteiger partial charge on any atom is -0.347 e. The number of nitrogens with one attached hydrogen (secondary N) is 1. The highest BCUT2D eigenvalue weighted by molar-refractivity contribution is 7.09. The molecule has 1 aliphatic heterocycles. The fourth-order valence-corrected chi connectivity index (χ4v) is 2.35. The second-order valence-corrected chi connectivity index (χ2v) is 4.64. The minimum absolute atomic E-state index is 0.0290. The number of rotatable bonds is 2. The van der Waals surface area contributed by atoms with Gasteiger partial charge in [0, 0.05) is 17.8 Å². The molecule has 6 heteroatoms. The van der Waals surface area contributed by atoms with Gasteiger partial charge in [0.05, 0.1) is 24.3 Å². The molecule has 0 unspecified atom stereocenters. The van der Waals surface area contributed by atoms with Crippen LogP contribution in [0.1, 0.15) is 17.0 Å². The third kappa shape index (κ3) is 2.38. The van der Waals surface area contributed by atoms with Crippen LogP contribution in [0, 0.1) is 6.92 Å². The van der Waals surface area contributed by atoms with Gasteiger partial charge in [0.1, 0.15) is 0 Å². The SMILES string of the molecule is Cc1ncsc1CN1CCC(=O)NCC1=O. The highest BCUT2D eigenvalue weighted by Gasteiger charge is 2.20. The number of thiazole rings is 1. The number of aromatic nitrogens is 1. The van der Waals surface area contributed by atoms with Crippen molar-refractivity contribution >= 4 is 23.2 Å². The molecule has 0 aliphatic carbocycles. The van der Waals surface area contributed by atoms with Crippen molar-refractivity contribution in [3.8, 4) is 0 Å². The van der Waals surface area contributed by atoms with Crippen LogP contribution in [0.2, 0.25) is 0 Å². The summed E-state index contributed by atoms with van der Waals surface area (Å²) in [7, 11) is 0. The van der Waals surface area contributed by atoms with Crippen LogP contribution in [-0.2, 0) is 16.1 Å². The highest BCUT2D eigenvalue weighted by Crippen LogP contribution is 2.15. The van der Waals surface area contributed by atoms with E-state index in [0.717, 1.165) is 10.6 Å². The van der Waals surface area contributed by atoms with E-state index in [-0.39, 0.29) is 18.4 Å². The summed E-state index contributed by atoms with van der Waals surface area (Å²) in [6.45, 7) is 3.08. The van der Waals surface area contributed by atoms with Crippen LogP contribution in [-0.4, -0.2) is 34.8 Å². The van der Waals surface area contributed by atoms with Gasteiger partial charge in [0.15, 0.2) is 0 Å². The third-order valence-electron chi connectivity index (χ3n) is 2.58. The van der Waals surface area contributed by atoms with Crippen LogP contribution < -0.4 is 5.32 Å². The number of hydrogen-bond acceptors (Lipinski definition) is 4. The number of hydrogen-bond donors (Lipinski definition) is 1. The van der Waals surface area contributed by atoms with Crippen LogP contribution in [0.5, 0.6) is 0 Å². The monoisotopic (exact) mass is 239 g/mol. The molecule has 0 radical (unpaired) electrons. The van der Waals surface area contributed by atoms with Crippen molar-refractivity contribution in [1.82, 2.24) is 15.2 Å². The molecule has 1 aromatic heterocycles. The van der Waals surface area contributed by atoms with Gasteiger partial charge in [0.2, 0.25) is 11.8 Å². The summed E-state index contributed by atoms with van der Waals surface area (Å²) >= 11 is 1.54. The smallest absolute Gasteiger partial charge is 0.242 e. The Bertz CT molecular complexity index is 416. The zero-order chi connectivity index (χ0) is 11.5. The van der Waals surface area contributed by atoms with Gasteiger partial charge in [0.25, 0.3) is 0 Å². The number of carbonyl (C=O) groups is 2. The molecule has 0 aromatic carbocycles. The molecule has 0 bridgehead atoms. The van der Waals surface area contributed by atoms with E-state index >= 15 is 0 Å². The Morgan fingerprint density at radius 3 is 3.06 bits per heavy atom. The summed E-state index contributed by atoms with van der Waals surface area (Å²) in [5.41, 5.74) is 2.73. The number of amides is 2. The lowest BCUT2D eigenvalue weighted by Crippen LogP contribution is -2.34. The summed E-state index contributed by atoms with van der Waals surface area (Å²) in [5.74, 6) is -0.0875. The van der Waals surface area contributed by atoms with Gasteiger partial charge in [-0.1, -0.05) is 0 Å². The van der Waals surface area contributed by atoms with E-state index in [1.165, 1.54) is 0 Å². The zero-order valence-corrected chi connectivity index (χ0v) is 9.84. The molecule has 1 aliphatic rings. The Kier molecular flexibility index (Phi) is 3.19. The lowest BCUT2D eigenvalue weighted by atomic mass is 10.3. The molecule has 0 spiro atoms. The van der Waals surface area contributed by atoms with Crippen LogP contribution in [0.3, 0.4) is 0 Å². The maximum atomic E-state index is 11.7. The van der Waals surface area contributed by atoms with Crippen molar-refractivity contribution in [3.05, 3.63) is 16.1 Å². The molecule has 0 saturated carbocycles. The quantitative estimate of drug-likeness (QED) is 0.807. The fraction of sp³-hybridized carbons (Fsp3) is 0.500. The normalized spacial score (nSPS) is 17.2. The second kappa shape index (κ2) is 4.61. The van der Waals surface area contributed by atoms with Gasteiger partial charge in [-0.05, 0) is 6.92 Å². The van der Waals surface area contributed by atoms with E-state index in [9.17, 15) is 9.59 Å². The predicted molar refractivity (Wildman–Crippen MR) is 59.9 cm³/mol. The van der Waals surface area contributed by atoms with Gasteiger partial charge < -0.3 is 10.2 Å². The molecule has 1 fully saturated rings. The number of carbonyl (C=O) groups excluding carboxylic acids is 2. The minimum atomic E-state index is -0.0584. The average Bonchev–Trinajstić information content (AvgIpc) is 2.59. The number of nitrogens with zero attached hydrogens (tertiary/aromatic N) is 2. The molecule has 2 amide bonds. The molecule has 5 nitrogen and oxygen atoms in total. The molecule has 2 heterocycles. The molecule has 2 rings (SSSR count). The first kappa shape index (κ1) is 11.1. The summed E-state index contributed by atoms with van der Waals surface area (Å²) in [4.78, 5) is 29.8. The van der Waals surface area contributed by atoms with Crippen LogP contribution in [0.15, 0.2) is 5.51 Å². The van der Waals surface area contributed by atoms with Crippen molar-refractivity contribution in [2.75, 3.05) is 13.1 Å². The van der Waals surface area contributed by atoms with Crippen molar-refractivity contribution in [1.29, 1.82) is 0 Å². The Morgan fingerprint density at radius 1 is 1.56 bits per heavy atom. The van der Waals surface area contributed by atoms with Crippen LogP contribution >= 0.6 is 11.3 Å². The van der Waals surface area contributed by atoms with Crippen molar-refractivity contribution in [2.24, 2.45) is 0 Å². The highest BCUT2D eigenvalue weighted by atomic mass is 32.1. The summed E-state index contributed by atoms with van der Waals surface area (Å²) in [6, 6.07) is 0. The average molecular weight is 239 g/mol. The first-order valence-corrected chi connectivity index (χ1v) is 5.98. The first-order valence-electron chi connectivity index (χ1n) is 5.10. The Hall–Kier alpha value is -1.43. The Morgan fingerprint density at radius 2 is 2.38 bits per heavy atom. The third-order valence-corrected chi connectivity index (χ3v) is 3.50. The summed E-state index contributed by atoms with van der Waals surface area (Å²) in [6.07, 6.45) is 0.379. The molecule has 16 heavy (non-hydrogen) atoms. The van der Waals surface area contributed by atoms with E-state index in [0.29, 0.717) is 19.5 Å². The van der Waals surface area contributed by atoms with E-state index in [1.54, 1.807) is 21.7 Å². The van der Waals surface area contributed by atoms with E-state index in [4.69, 9.17) is 0 Å². The van der Waals surface area contributed by atoms with Gasteiger partial charge in [-0.2, -0.15) is 0 Å². The Balaban J connectivity index is 2.06. The summed E-state index contributed by atoms with van der Waals surface area (Å²) < 4.78 is 0. The molecular formula is C10H13N3O2S. The molecule has 1 aromatic rings. The van der Waals surface area contributed by atoms with Crippen molar-refractivity contribution < 1.29 is 9.59 Å². The standard InChI is InChI=1S/C10H13N3O2S/c1-7-8(16-6-12-7)5-13-3-2-9(14)11-4-10(13)15/h6H,2-5H2,1H3,(H,11,14). The predicted octanol–water partition coefficient (Wildman–Crippen LogP) is 0.300. The lowest BCUT2D eigenvalue weighted by Gasteiger charge is -2.18. The van der Waals surface area contributed by atoms with E-state index in [2.05, 4.69) is 10.3 Å². The second-order valence-electron chi connectivity index (χ2n) is 3.70. The topological polar surface area (TPSA) is 62.3 Å². The molecule has 1 N–H and O–H groups in total. The van der Waals surface area contributed by atoms with Gasteiger partial charge in [-0.25, -0.2) is 4.98 Å². The molecule has 86 valence electrons. The van der Waals surface area contributed by atoms with Crippen LogP contribution in [0.4, 0.5) is 0 Å². The number of aryl methyl sites for hydroxylation is 1. The fourth-order valence-electron chi connectivity index (χ4n) is 1.55. The van der Waals surface area contributed by atoms with Crippen molar-refractivity contribution in [2.45, 2.75) is 19.9 Å².